The molecule has 25 heavy (non-hydrogen) atoms. The third kappa shape index (κ3) is 6.01. The highest BCUT2D eigenvalue weighted by atomic mass is 16.5. The number of rotatable bonds is 6. The van der Waals surface area contributed by atoms with Gasteiger partial charge >= 0.3 is 0 Å². The summed E-state index contributed by atoms with van der Waals surface area (Å²) >= 11 is 0. The maximum atomic E-state index is 12.6. The van der Waals surface area contributed by atoms with E-state index in [0.717, 1.165) is 31.9 Å². The first-order valence-electron chi connectivity index (χ1n) is 9.61. The quantitative estimate of drug-likeness (QED) is 0.794. The van der Waals surface area contributed by atoms with Crippen LogP contribution in [0.2, 0.25) is 0 Å². The van der Waals surface area contributed by atoms with Crippen molar-refractivity contribution >= 4 is 5.91 Å². The summed E-state index contributed by atoms with van der Waals surface area (Å²) in [6.45, 7) is 5.96. The number of ether oxygens (including phenoxy) is 2. The highest BCUT2D eigenvalue weighted by molar-refractivity contribution is 5.76. The van der Waals surface area contributed by atoms with Crippen molar-refractivity contribution in [1.82, 2.24) is 9.80 Å². The zero-order chi connectivity index (χ0) is 17.3. The smallest absolute Gasteiger partial charge is 0.226 e. The average Bonchev–Trinajstić information content (AvgIpc) is 2.89. The predicted molar refractivity (Wildman–Crippen MR) is 97.8 cm³/mol. The monoisotopic (exact) mass is 346 g/mol. The third-order valence-corrected chi connectivity index (χ3v) is 4.94. The molecule has 1 aromatic carbocycles. The average molecular weight is 346 g/mol. The van der Waals surface area contributed by atoms with Crippen molar-refractivity contribution in [3.63, 3.8) is 0 Å². The zero-order valence-corrected chi connectivity index (χ0v) is 15.1. The molecule has 2 aliphatic rings. The van der Waals surface area contributed by atoms with Crippen LogP contribution in [0.5, 0.6) is 5.75 Å². The lowest BCUT2D eigenvalue weighted by Gasteiger charge is -2.31. The molecule has 1 aromatic rings. The van der Waals surface area contributed by atoms with Crippen LogP contribution in [0, 0.1) is 0 Å². The van der Waals surface area contributed by atoms with Crippen LogP contribution < -0.4 is 4.74 Å². The Morgan fingerprint density at radius 2 is 1.88 bits per heavy atom. The molecule has 138 valence electrons. The van der Waals surface area contributed by atoms with Gasteiger partial charge in [0, 0.05) is 26.2 Å². The molecular formula is C20H30N2O3. The fraction of sp³-hybridized carbons (Fsp3) is 0.650. The van der Waals surface area contributed by atoms with Crippen molar-refractivity contribution < 1.29 is 14.3 Å². The van der Waals surface area contributed by atoms with Crippen molar-refractivity contribution in [2.24, 2.45) is 0 Å². The number of carbonyl (C=O) groups excluding carboxylic acids is 1. The summed E-state index contributed by atoms with van der Waals surface area (Å²) in [7, 11) is 0. The van der Waals surface area contributed by atoms with Gasteiger partial charge in [-0.3, -0.25) is 4.79 Å². The van der Waals surface area contributed by atoms with Crippen LogP contribution in [-0.2, 0) is 9.53 Å². The molecule has 0 unspecified atom stereocenters. The Kier molecular flexibility index (Phi) is 7.12. The summed E-state index contributed by atoms with van der Waals surface area (Å²) in [5.74, 6) is 0.988. The van der Waals surface area contributed by atoms with Crippen molar-refractivity contribution in [1.29, 1.82) is 0 Å². The van der Waals surface area contributed by atoms with Gasteiger partial charge in [0.2, 0.25) is 5.91 Å². The van der Waals surface area contributed by atoms with Gasteiger partial charge in [-0.15, -0.1) is 0 Å². The van der Waals surface area contributed by atoms with E-state index in [1.807, 2.05) is 35.2 Å². The lowest BCUT2D eigenvalue weighted by atomic mass is 10.1. The summed E-state index contributed by atoms with van der Waals surface area (Å²) in [5, 5.41) is 0. The SMILES string of the molecule is O=C(CCOc1ccccc1)N1CCCO[C@@H](CN2CCCCC2)C1. The molecule has 3 rings (SSSR count). The van der Waals surface area contributed by atoms with Crippen molar-refractivity contribution in [2.45, 2.75) is 38.2 Å². The molecule has 0 spiro atoms. The van der Waals surface area contributed by atoms with E-state index < -0.39 is 0 Å². The molecule has 5 nitrogen and oxygen atoms in total. The van der Waals surface area contributed by atoms with E-state index >= 15 is 0 Å². The van der Waals surface area contributed by atoms with Gasteiger partial charge in [-0.1, -0.05) is 24.6 Å². The van der Waals surface area contributed by atoms with Crippen LogP contribution in [0.15, 0.2) is 30.3 Å². The van der Waals surface area contributed by atoms with E-state index in [2.05, 4.69) is 4.90 Å². The number of benzene rings is 1. The molecule has 0 aliphatic carbocycles. The molecule has 0 aromatic heterocycles. The van der Waals surface area contributed by atoms with Gasteiger partial charge in [0.15, 0.2) is 0 Å². The molecule has 2 heterocycles. The number of likely N-dealkylation sites (tertiary alicyclic amines) is 1. The molecule has 2 aliphatic heterocycles. The van der Waals surface area contributed by atoms with E-state index in [-0.39, 0.29) is 12.0 Å². The summed E-state index contributed by atoms with van der Waals surface area (Å²) in [6.07, 6.45) is 5.39. The largest absolute Gasteiger partial charge is 0.493 e. The van der Waals surface area contributed by atoms with Crippen LogP contribution in [-0.4, -0.2) is 67.7 Å². The number of hydrogen-bond acceptors (Lipinski definition) is 4. The number of hydrogen-bond donors (Lipinski definition) is 0. The Morgan fingerprint density at radius 3 is 2.68 bits per heavy atom. The number of nitrogens with zero attached hydrogens (tertiary/aromatic N) is 2. The second kappa shape index (κ2) is 9.78. The number of para-hydroxylation sites is 1. The van der Waals surface area contributed by atoms with Crippen molar-refractivity contribution in [2.75, 3.05) is 45.9 Å². The lowest BCUT2D eigenvalue weighted by Crippen LogP contribution is -2.44. The van der Waals surface area contributed by atoms with Crippen LogP contribution in [0.1, 0.15) is 32.1 Å². The normalized spacial score (nSPS) is 22.4. The minimum Gasteiger partial charge on any atom is -0.493 e. The van der Waals surface area contributed by atoms with E-state index in [9.17, 15) is 4.79 Å². The van der Waals surface area contributed by atoms with Gasteiger partial charge in [-0.2, -0.15) is 0 Å². The summed E-state index contributed by atoms with van der Waals surface area (Å²) in [5.41, 5.74) is 0. The Labute approximate surface area is 150 Å². The van der Waals surface area contributed by atoms with Gasteiger partial charge in [0.05, 0.1) is 19.1 Å². The summed E-state index contributed by atoms with van der Waals surface area (Å²) < 4.78 is 11.7. The molecule has 1 amide bonds. The van der Waals surface area contributed by atoms with E-state index in [1.54, 1.807) is 0 Å². The Hall–Kier alpha value is -1.59. The third-order valence-electron chi connectivity index (χ3n) is 4.94. The zero-order valence-electron chi connectivity index (χ0n) is 15.1. The van der Waals surface area contributed by atoms with E-state index in [4.69, 9.17) is 9.47 Å². The van der Waals surface area contributed by atoms with E-state index in [0.29, 0.717) is 19.6 Å². The first kappa shape index (κ1) is 18.2. The minimum atomic E-state index is 0.139. The Balaban J connectivity index is 1.43. The first-order valence-corrected chi connectivity index (χ1v) is 9.61. The maximum absolute atomic E-state index is 12.6. The summed E-state index contributed by atoms with van der Waals surface area (Å²) in [4.78, 5) is 17.0. The van der Waals surface area contributed by atoms with Gasteiger partial charge in [0.1, 0.15) is 5.75 Å². The topological polar surface area (TPSA) is 42.0 Å². The fourth-order valence-corrected chi connectivity index (χ4v) is 3.59. The highest BCUT2D eigenvalue weighted by Gasteiger charge is 2.24. The molecule has 2 saturated heterocycles. The van der Waals surface area contributed by atoms with Crippen LogP contribution in [0.25, 0.3) is 0 Å². The first-order chi connectivity index (χ1) is 12.3. The molecule has 0 saturated carbocycles. The molecule has 1 atom stereocenters. The molecule has 5 heteroatoms. The fourth-order valence-electron chi connectivity index (χ4n) is 3.59. The molecule has 0 bridgehead atoms. The molecule has 2 fully saturated rings. The van der Waals surface area contributed by atoms with Crippen molar-refractivity contribution in [3.05, 3.63) is 30.3 Å². The predicted octanol–water partition coefficient (Wildman–Crippen LogP) is 2.56. The van der Waals surface area contributed by atoms with Gasteiger partial charge in [0.25, 0.3) is 0 Å². The van der Waals surface area contributed by atoms with Crippen molar-refractivity contribution in [3.8, 4) is 5.75 Å². The number of carbonyl (C=O) groups is 1. The minimum absolute atomic E-state index is 0.139. The second-order valence-corrected chi connectivity index (χ2v) is 6.96. The number of piperidine rings is 1. The van der Waals surface area contributed by atoms with Crippen LogP contribution >= 0.6 is 0 Å². The van der Waals surface area contributed by atoms with E-state index in [1.165, 1.54) is 32.4 Å². The molecular weight excluding hydrogens is 316 g/mol. The standard InChI is InChI=1S/C20H30N2O3/c23-20(10-15-25-18-8-3-1-4-9-18)22-13-7-14-24-19(17-22)16-21-11-5-2-6-12-21/h1,3-4,8-9,19H,2,5-7,10-17H2/t19-/m0/s1. The lowest BCUT2D eigenvalue weighted by molar-refractivity contribution is -0.132. The van der Waals surface area contributed by atoms with Gasteiger partial charge in [-0.25, -0.2) is 0 Å². The second-order valence-electron chi connectivity index (χ2n) is 6.96. The Bertz CT molecular complexity index is 517. The van der Waals surface area contributed by atoms with Crippen LogP contribution in [0.4, 0.5) is 0 Å². The van der Waals surface area contributed by atoms with Gasteiger partial charge in [-0.05, 0) is 44.5 Å². The van der Waals surface area contributed by atoms with Crippen LogP contribution in [0.3, 0.4) is 0 Å². The Morgan fingerprint density at radius 1 is 1.08 bits per heavy atom. The molecule has 0 radical (unpaired) electrons. The highest BCUT2D eigenvalue weighted by Crippen LogP contribution is 2.14. The molecule has 0 N–H and O–H groups in total. The van der Waals surface area contributed by atoms with Gasteiger partial charge < -0.3 is 19.3 Å². The number of amides is 1. The summed E-state index contributed by atoms with van der Waals surface area (Å²) in [6, 6.07) is 9.67. The maximum Gasteiger partial charge on any atom is 0.226 e.